The second kappa shape index (κ2) is 23.1. The number of carbonyl (C=O) groups excluding carboxylic acids is 6. The molecule has 334 valence electrons. The lowest BCUT2D eigenvalue weighted by atomic mass is 9.87. The van der Waals surface area contributed by atoms with Gasteiger partial charge < -0.3 is 37.1 Å². The third kappa shape index (κ3) is 14.9. The first-order valence-electron chi connectivity index (χ1n) is 21.3. The highest BCUT2D eigenvalue weighted by Gasteiger charge is 2.42. The Morgan fingerprint density at radius 3 is 1.90 bits per heavy atom. The summed E-state index contributed by atoms with van der Waals surface area (Å²) in [4.78, 5) is 81.5. The van der Waals surface area contributed by atoms with E-state index in [1.807, 2.05) is 56.3 Å². The van der Waals surface area contributed by atoms with Gasteiger partial charge in [0.2, 0.25) is 23.6 Å². The van der Waals surface area contributed by atoms with Crippen LogP contribution in [-0.4, -0.2) is 95.1 Å². The van der Waals surface area contributed by atoms with E-state index < -0.39 is 75.5 Å². The van der Waals surface area contributed by atoms with E-state index in [-0.39, 0.29) is 25.0 Å². The Morgan fingerprint density at radius 2 is 1.33 bits per heavy atom. The van der Waals surface area contributed by atoms with Gasteiger partial charge in [-0.2, -0.15) is 0 Å². The number of Topliss-reactive ketones (excluding diaryl/α,β-unsaturated/α-hetero) is 2. The van der Waals surface area contributed by atoms with E-state index >= 15 is 0 Å². The van der Waals surface area contributed by atoms with Crippen LogP contribution in [0.25, 0.3) is 10.8 Å². The number of nitrogens with two attached hydrogens (primary N) is 1. The van der Waals surface area contributed by atoms with Crippen molar-refractivity contribution >= 4 is 67.6 Å². The minimum absolute atomic E-state index is 0.0659. The van der Waals surface area contributed by atoms with Crippen molar-refractivity contribution in [1.29, 1.82) is 0 Å². The van der Waals surface area contributed by atoms with Crippen LogP contribution in [0.5, 0.6) is 5.75 Å². The molecule has 0 bridgehead atoms. The Kier molecular flexibility index (Phi) is 18.7. The molecule has 61 heavy (non-hydrogen) atoms. The number of hydrogen-bond donors (Lipinski definition) is 6. The normalized spacial score (nSPS) is 15.0. The lowest BCUT2D eigenvalue weighted by Crippen LogP contribution is -2.62. The molecule has 3 rings (SSSR count). The van der Waals surface area contributed by atoms with Gasteiger partial charge in [-0.25, -0.2) is 0 Å². The number of unbranched alkanes of at least 4 members (excludes halogenated alkanes) is 1. The monoisotopic (exact) mass is 880 g/mol. The van der Waals surface area contributed by atoms with Crippen LogP contribution >= 0.6 is 21.6 Å². The number of nitrogens with one attached hydrogen (secondary N) is 5. The number of benzene rings is 3. The average molecular weight is 881 g/mol. The smallest absolute Gasteiger partial charge is 0.243 e. The standard InChI is InChI=1S/C46H66N6O7S2/c1-11-38(55)46(8,24-14-15-25-47)52-42(57)37(28-32-18-21-33-16-12-13-17-34(33)26-32)50-41(56)36(27-31-19-22-35(59-10)23-20-31)51-43(58)40(48-9)45(6,7)61-60-44(4,5)39(29(2)53)49-30(3)54/h12-13,16-23,26,36-37,39-40,48H,11,14-15,24-25,27-28,47H2,1-10H3,(H,49,54)(H,50,56)(H,51,58)(H,52,57)/t36-,37-,39+,40+,46-/m0/s1/i2T. The maximum Gasteiger partial charge on any atom is 0.243 e. The molecule has 0 heterocycles. The molecule has 0 saturated heterocycles. The summed E-state index contributed by atoms with van der Waals surface area (Å²) in [6.07, 6.45) is 2.04. The number of rotatable bonds is 25. The van der Waals surface area contributed by atoms with Crippen LogP contribution in [0.4, 0.5) is 0 Å². The number of likely N-dealkylation sites (N-methyl/N-ethyl adjacent to an activating group) is 1. The van der Waals surface area contributed by atoms with E-state index in [0.717, 1.165) is 21.9 Å². The number of hydrogen-bond acceptors (Lipinski definition) is 11. The second-order valence-electron chi connectivity index (χ2n) is 16.6. The molecule has 0 aromatic heterocycles. The number of fused-ring (bicyclic) bond motifs is 1. The Labute approximate surface area is 370 Å². The highest BCUT2D eigenvalue weighted by molar-refractivity contribution is 8.77. The van der Waals surface area contributed by atoms with Gasteiger partial charge in [0.25, 0.3) is 0 Å². The Balaban J connectivity index is 2.00. The second-order valence-corrected chi connectivity index (χ2v) is 20.0. The summed E-state index contributed by atoms with van der Waals surface area (Å²) in [5.74, 6) is -2.00. The summed E-state index contributed by atoms with van der Waals surface area (Å²) in [6, 6.07) is 16.7. The van der Waals surface area contributed by atoms with E-state index in [2.05, 4.69) is 26.6 Å². The van der Waals surface area contributed by atoms with Gasteiger partial charge in [-0.3, -0.25) is 28.8 Å². The van der Waals surface area contributed by atoms with E-state index in [1.54, 1.807) is 66.1 Å². The molecule has 0 unspecified atom stereocenters. The topological polar surface area (TPSA) is 198 Å². The lowest BCUT2D eigenvalue weighted by Gasteiger charge is -2.38. The molecule has 5 atom stereocenters. The van der Waals surface area contributed by atoms with Gasteiger partial charge in [0.05, 0.1) is 12.6 Å². The van der Waals surface area contributed by atoms with Gasteiger partial charge in [0.15, 0.2) is 11.6 Å². The lowest BCUT2D eigenvalue weighted by molar-refractivity contribution is -0.135. The molecular weight excluding hydrogens is 813 g/mol. The zero-order valence-electron chi connectivity index (χ0n) is 38.1. The van der Waals surface area contributed by atoms with Crippen molar-refractivity contribution in [2.24, 2.45) is 5.73 Å². The molecule has 0 fully saturated rings. The van der Waals surface area contributed by atoms with Gasteiger partial charge >= 0.3 is 0 Å². The van der Waals surface area contributed by atoms with Crippen LogP contribution in [0.15, 0.2) is 66.7 Å². The molecule has 0 aliphatic rings. The molecule has 0 saturated carbocycles. The van der Waals surface area contributed by atoms with Gasteiger partial charge in [-0.15, -0.1) is 0 Å². The third-order valence-electron chi connectivity index (χ3n) is 10.7. The number of methoxy groups -OCH3 is 1. The van der Waals surface area contributed by atoms with Crippen molar-refractivity contribution in [2.45, 2.75) is 133 Å². The summed E-state index contributed by atoms with van der Waals surface area (Å²) < 4.78 is 11.3. The minimum Gasteiger partial charge on any atom is -0.497 e. The maximum atomic E-state index is 14.6. The molecule has 7 N–H and O–H groups in total. The molecule has 13 nitrogen and oxygen atoms in total. The van der Waals surface area contributed by atoms with Crippen LogP contribution in [-0.2, 0) is 41.6 Å². The minimum atomic E-state index is -1.20. The first-order valence-corrected chi connectivity index (χ1v) is 22.8. The van der Waals surface area contributed by atoms with Gasteiger partial charge in [-0.1, -0.05) is 83.1 Å². The van der Waals surface area contributed by atoms with Crippen LogP contribution in [0, 0.1) is 0 Å². The molecular formula is C46H66N6O7S2. The molecule has 0 radical (unpaired) electrons. The fraction of sp³-hybridized carbons (Fsp3) is 0.522. The van der Waals surface area contributed by atoms with Crippen molar-refractivity contribution in [3.8, 4) is 5.75 Å². The van der Waals surface area contributed by atoms with Crippen molar-refractivity contribution in [3.05, 3.63) is 77.9 Å². The van der Waals surface area contributed by atoms with Crippen molar-refractivity contribution in [1.82, 2.24) is 26.6 Å². The number of ketones is 2. The molecule has 3 aromatic carbocycles. The van der Waals surface area contributed by atoms with Crippen LogP contribution in [0.1, 0.15) is 93.5 Å². The Hall–Kier alpha value is -4.44. The summed E-state index contributed by atoms with van der Waals surface area (Å²) in [6.45, 7) is 12.0. The SMILES string of the molecule is [3H]CC(=O)[C@@H](NC(C)=O)C(C)(C)SSC(C)(C)[C@H](NC)C(=O)N[C@@H](Cc1ccc(OC)cc1)C(=O)N[C@@H](Cc1ccc2ccccc2c1)C(=O)N[C@@](C)(CCCCN)C(=O)CC. The first kappa shape index (κ1) is 49.2. The fourth-order valence-corrected chi connectivity index (χ4v) is 10.0. The maximum absolute atomic E-state index is 14.6. The zero-order chi connectivity index (χ0) is 46.3. The van der Waals surface area contributed by atoms with Crippen molar-refractivity contribution in [2.75, 3.05) is 20.7 Å². The highest BCUT2D eigenvalue weighted by atomic mass is 33.1. The quantitative estimate of drug-likeness (QED) is 0.0483. The first-order chi connectivity index (χ1) is 29.2. The molecule has 15 heteroatoms. The molecule has 3 aromatic rings. The van der Waals surface area contributed by atoms with E-state index in [9.17, 15) is 28.8 Å². The molecule has 4 amide bonds. The predicted octanol–water partition coefficient (Wildman–Crippen LogP) is 5.21. The van der Waals surface area contributed by atoms with Crippen molar-refractivity contribution in [3.63, 3.8) is 0 Å². The Bertz CT molecular complexity index is 2020. The number of ether oxygens (including phenoxy) is 1. The molecule has 0 aliphatic carbocycles. The molecule has 0 spiro atoms. The van der Waals surface area contributed by atoms with E-state index in [0.29, 0.717) is 31.6 Å². The fourth-order valence-electron chi connectivity index (χ4n) is 7.14. The number of carbonyl (C=O) groups is 6. The van der Waals surface area contributed by atoms with Crippen LogP contribution in [0.3, 0.4) is 0 Å². The summed E-state index contributed by atoms with van der Waals surface area (Å²) in [7, 11) is 5.83. The average Bonchev–Trinajstić information content (AvgIpc) is 3.24. The molecule has 0 aliphatic heterocycles. The van der Waals surface area contributed by atoms with Gasteiger partial charge in [0.1, 0.15) is 29.9 Å². The predicted molar refractivity (Wildman–Crippen MR) is 247 cm³/mol. The van der Waals surface area contributed by atoms with Crippen LogP contribution < -0.4 is 37.1 Å². The number of amides is 4. The summed E-state index contributed by atoms with van der Waals surface area (Å²) >= 11 is 0. The van der Waals surface area contributed by atoms with E-state index in [4.69, 9.17) is 11.8 Å². The van der Waals surface area contributed by atoms with Gasteiger partial charge in [0, 0.05) is 37.1 Å². The summed E-state index contributed by atoms with van der Waals surface area (Å²) in [5.41, 5.74) is 6.07. The van der Waals surface area contributed by atoms with Crippen molar-refractivity contribution < 1.29 is 34.9 Å². The highest BCUT2D eigenvalue weighted by Crippen LogP contribution is 2.46. The summed E-state index contributed by atoms with van der Waals surface area (Å²) in [5, 5.41) is 16.7. The third-order valence-corrected chi connectivity index (χ3v) is 14.9. The van der Waals surface area contributed by atoms with E-state index in [1.165, 1.54) is 28.5 Å². The van der Waals surface area contributed by atoms with Crippen LogP contribution in [0.2, 0.25) is 0 Å². The largest absolute Gasteiger partial charge is 0.497 e. The zero-order valence-corrected chi connectivity index (χ0v) is 38.7. The Morgan fingerprint density at radius 1 is 0.754 bits per heavy atom. The van der Waals surface area contributed by atoms with Gasteiger partial charge in [-0.05, 0) is 108 Å².